The van der Waals surface area contributed by atoms with Crippen LogP contribution >= 0.6 is 11.8 Å². The van der Waals surface area contributed by atoms with Crippen LogP contribution in [0.15, 0.2) is 50.8 Å². The third kappa shape index (κ3) is 3.88. The summed E-state index contributed by atoms with van der Waals surface area (Å²) >= 11 is 1.75. The van der Waals surface area contributed by atoms with Gasteiger partial charge in [0.2, 0.25) is 0 Å². The fraction of sp³-hybridized carbons (Fsp3) is 0.375. The minimum absolute atomic E-state index is 0.412. The summed E-state index contributed by atoms with van der Waals surface area (Å²) in [6.07, 6.45) is 2.90. The molecule has 2 nitrogen and oxygen atoms in total. The van der Waals surface area contributed by atoms with Crippen LogP contribution < -0.4 is 5.32 Å². The maximum atomic E-state index is 5.31. The minimum Gasteiger partial charge on any atom is -0.468 e. The minimum atomic E-state index is 0.412. The van der Waals surface area contributed by atoms with Crippen LogP contribution in [0, 0.1) is 6.92 Å². The lowest BCUT2D eigenvalue weighted by atomic mass is 10.1. The van der Waals surface area contributed by atoms with Crippen molar-refractivity contribution in [2.45, 2.75) is 43.0 Å². The van der Waals surface area contributed by atoms with Gasteiger partial charge in [0.05, 0.1) is 11.2 Å². The largest absolute Gasteiger partial charge is 0.468 e. The van der Waals surface area contributed by atoms with E-state index in [4.69, 9.17) is 4.42 Å². The number of nitrogens with one attached hydrogen (secondary N) is 1. The molecule has 0 spiro atoms. The zero-order chi connectivity index (χ0) is 13.7. The monoisotopic (exact) mass is 275 g/mol. The van der Waals surface area contributed by atoms with E-state index in [-0.39, 0.29) is 0 Å². The number of benzene rings is 1. The first-order valence-corrected chi connectivity index (χ1v) is 7.57. The second-order valence-electron chi connectivity index (χ2n) is 4.69. The van der Waals surface area contributed by atoms with Gasteiger partial charge in [0, 0.05) is 10.9 Å². The van der Waals surface area contributed by atoms with E-state index < -0.39 is 0 Å². The molecule has 2 aromatic rings. The molecule has 0 saturated heterocycles. The Morgan fingerprint density at radius 3 is 2.53 bits per heavy atom. The first-order valence-electron chi connectivity index (χ1n) is 6.76. The molecule has 0 amide bonds. The molecule has 1 aromatic carbocycles. The Hall–Kier alpha value is -1.19. The Morgan fingerprint density at radius 1 is 1.21 bits per heavy atom. The first-order chi connectivity index (χ1) is 9.20. The molecule has 1 N–H and O–H groups in total. The van der Waals surface area contributed by atoms with E-state index in [1.807, 2.05) is 13.0 Å². The summed E-state index contributed by atoms with van der Waals surface area (Å²) in [5, 5.41) is 3.50. The lowest BCUT2D eigenvalue weighted by Crippen LogP contribution is -2.19. The number of hydrogen-bond acceptors (Lipinski definition) is 3. The number of rotatable bonds is 6. The smallest absolute Gasteiger partial charge is 0.114 e. The Kier molecular flexibility index (Phi) is 5.11. The van der Waals surface area contributed by atoms with Crippen LogP contribution in [-0.2, 0) is 0 Å². The number of hydrogen-bond donors (Lipinski definition) is 1. The quantitative estimate of drug-likeness (QED) is 0.819. The Labute approximate surface area is 119 Å². The lowest BCUT2D eigenvalue weighted by molar-refractivity contribution is 0.527. The molecular weight excluding hydrogens is 254 g/mol. The van der Waals surface area contributed by atoms with Gasteiger partial charge in [-0.3, -0.25) is 0 Å². The maximum absolute atomic E-state index is 5.31. The third-order valence-corrected chi connectivity index (χ3v) is 4.27. The van der Waals surface area contributed by atoms with Gasteiger partial charge < -0.3 is 9.73 Å². The van der Waals surface area contributed by atoms with Crippen molar-refractivity contribution in [2.75, 3.05) is 6.54 Å². The van der Waals surface area contributed by atoms with Crippen LogP contribution in [-0.4, -0.2) is 6.54 Å². The SMILES string of the molecule is CCCNC(C)c1ccc(Sc2ccoc2C)cc1. The van der Waals surface area contributed by atoms with Gasteiger partial charge in [0.15, 0.2) is 0 Å². The molecule has 1 unspecified atom stereocenters. The summed E-state index contributed by atoms with van der Waals surface area (Å²) in [4.78, 5) is 2.43. The van der Waals surface area contributed by atoms with E-state index in [0.717, 1.165) is 18.7 Å². The number of aryl methyl sites for hydroxylation is 1. The van der Waals surface area contributed by atoms with E-state index >= 15 is 0 Å². The van der Waals surface area contributed by atoms with Crippen molar-refractivity contribution in [3.05, 3.63) is 47.9 Å². The Bertz CT molecular complexity index is 504. The molecule has 1 heterocycles. The van der Waals surface area contributed by atoms with E-state index in [0.29, 0.717) is 6.04 Å². The second-order valence-corrected chi connectivity index (χ2v) is 5.80. The average Bonchev–Trinajstić information content (AvgIpc) is 2.82. The van der Waals surface area contributed by atoms with E-state index in [1.54, 1.807) is 18.0 Å². The standard InChI is InChI=1S/C16H21NOS/c1-4-10-17-12(2)14-5-7-15(8-6-14)19-16-9-11-18-13(16)3/h5-9,11-12,17H,4,10H2,1-3H3. The van der Waals surface area contributed by atoms with Gasteiger partial charge in [-0.15, -0.1) is 0 Å². The van der Waals surface area contributed by atoms with E-state index in [9.17, 15) is 0 Å². The summed E-state index contributed by atoms with van der Waals surface area (Å²) in [7, 11) is 0. The summed E-state index contributed by atoms with van der Waals surface area (Å²) in [6.45, 7) is 7.45. The van der Waals surface area contributed by atoms with E-state index in [2.05, 4.69) is 43.4 Å². The zero-order valence-electron chi connectivity index (χ0n) is 11.8. The summed E-state index contributed by atoms with van der Waals surface area (Å²) < 4.78 is 5.31. The van der Waals surface area contributed by atoms with Gasteiger partial charge in [-0.05, 0) is 50.6 Å². The predicted octanol–water partition coefficient (Wildman–Crippen LogP) is 4.80. The van der Waals surface area contributed by atoms with Gasteiger partial charge in [0.25, 0.3) is 0 Å². The van der Waals surface area contributed by atoms with Crippen molar-refractivity contribution in [3.8, 4) is 0 Å². The molecule has 0 aliphatic rings. The van der Waals surface area contributed by atoms with Crippen LogP contribution in [0.25, 0.3) is 0 Å². The van der Waals surface area contributed by atoms with Crippen molar-refractivity contribution in [1.29, 1.82) is 0 Å². The van der Waals surface area contributed by atoms with Crippen molar-refractivity contribution in [3.63, 3.8) is 0 Å². The first kappa shape index (κ1) is 14.2. The fourth-order valence-electron chi connectivity index (χ4n) is 1.91. The highest BCUT2D eigenvalue weighted by atomic mass is 32.2. The van der Waals surface area contributed by atoms with Gasteiger partial charge in [-0.2, -0.15) is 0 Å². The van der Waals surface area contributed by atoms with Crippen LogP contribution in [0.3, 0.4) is 0 Å². The van der Waals surface area contributed by atoms with Gasteiger partial charge in [-0.1, -0.05) is 30.8 Å². The molecule has 1 atom stereocenters. The molecular formula is C16H21NOS. The molecule has 0 saturated carbocycles. The molecule has 3 heteroatoms. The van der Waals surface area contributed by atoms with Crippen molar-refractivity contribution < 1.29 is 4.42 Å². The average molecular weight is 275 g/mol. The van der Waals surface area contributed by atoms with Crippen LogP contribution in [0.5, 0.6) is 0 Å². The topological polar surface area (TPSA) is 25.2 Å². The van der Waals surface area contributed by atoms with Crippen molar-refractivity contribution in [2.24, 2.45) is 0 Å². The molecule has 0 aliphatic carbocycles. The van der Waals surface area contributed by atoms with Crippen molar-refractivity contribution in [1.82, 2.24) is 5.32 Å². The highest BCUT2D eigenvalue weighted by Crippen LogP contribution is 2.31. The lowest BCUT2D eigenvalue weighted by Gasteiger charge is -2.13. The molecule has 1 aromatic heterocycles. The normalized spacial score (nSPS) is 12.6. The molecule has 2 rings (SSSR count). The predicted molar refractivity (Wildman–Crippen MR) is 80.7 cm³/mol. The summed E-state index contributed by atoms with van der Waals surface area (Å²) in [5.74, 6) is 0.979. The van der Waals surface area contributed by atoms with Crippen LogP contribution in [0.4, 0.5) is 0 Å². The third-order valence-electron chi connectivity index (χ3n) is 3.12. The van der Waals surface area contributed by atoms with E-state index in [1.165, 1.54) is 15.4 Å². The zero-order valence-corrected chi connectivity index (χ0v) is 12.6. The molecule has 102 valence electrons. The highest BCUT2D eigenvalue weighted by molar-refractivity contribution is 7.99. The molecule has 0 fully saturated rings. The van der Waals surface area contributed by atoms with Crippen LogP contribution in [0.2, 0.25) is 0 Å². The van der Waals surface area contributed by atoms with Gasteiger partial charge in [-0.25, -0.2) is 0 Å². The molecule has 0 bridgehead atoms. The van der Waals surface area contributed by atoms with Gasteiger partial charge >= 0.3 is 0 Å². The molecule has 0 aliphatic heterocycles. The molecule has 19 heavy (non-hydrogen) atoms. The van der Waals surface area contributed by atoms with Crippen molar-refractivity contribution >= 4 is 11.8 Å². The maximum Gasteiger partial charge on any atom is 0.114 e. The number of furan rings is 1. The highest BCUT2D eigenvalue weighted by Gasteiger charge is 2.06. The summed E-state index contributed by atoms with van der Waals surface area (Å²) in [5.41, 5.74) is 1.33. The molecule has 0 radical (unpaired) electrons. The second kappa shape index (κ2) is 6.83. The Balaban J connectivity index is 2.00. The van der Waals surface area contributed by atoms with Gasteiger partial charge in [0.1, 0.15) is 5.76 Å². The Morgan fingerprint density at radius 2 is 1.95 bits per heavy atom. The fourth-order valence-corrected chi connectivity index (χ4v) is 2.75. The van der Waals surface area contributed by atoms with Crippen LogP contribution in [0.1, 0.15) is 37.6 Å². The summed E-state index contributed by atoms with van der Waals surface area (Å²) in [6, 6.07) is 11.2.